The minimum atomic E-state index is -0.347. The van der Waals surface area contributed by atoms with Gasteiger partial charge in [0.05, 0.1) is 11.5 Å². The number of aromatic nitrogens is 2. The predicted octanol–water partition coefficient (Wildman–Crippen LogP) is 6.52. The molecule has 1 aliphatic rings. The highest BCUT2D eigenvalue weighted by Gasteiger charge is 2.37. The van der Waals surface area contributed by atoms with Crippen molar-refractivity contribution in [2.75, 3.05) is 0 Å². The SMILES string of the molecule is CCCCCCc1ncc([C@]2(C#N)CC[C@H](CCCCCC)CC2)cn1. The van der Waals surface area contributed by atoms with E-state index in [0.717, 1.165) is 43.0 Å². The first kappa shape index (κ1) is 20.9. The number of nitriles is 1. The molecule has 0 saturated heterocycles. The van der Waals surface area contributed by atoms with Crippen LogP contribution >= 0.6 is 0 Å². The molecule has 0 bridgehead atoms. The van der Waals surface area contributed by atoms with Crippen molar-refractivity contribution in [2.24, 2.45) is 5.92 Å². The molecule has 0 spiro atoms. The third kappa shape index (κ3) is 6.08. The Morgan fingerprint density at radius 1 is 0.962 bits per heavy atom. The minimum absolute atomic E-state index is 0.347. The molecule has 1 saturated carbocycles. The Balaban J connectivity index is 1.85. The van der Waals surface area contributed by atoms with Gasteiger partial charge < -0.3 is 0 Å². The second-order valence-electron chi connectivity index (χ2n) is 8.19. The number of aryl methyl sites for hydroxylation is 1. The van der Waals surface area contributed by atoms with Crippen LogP contribution in [0.5, 0.6) is 0 Å². The summed E-state index contributed by atoms with van der Waals surface area (Å²) in [6.45, 7) is 4.49. The van der Waals surface area contributed by atoms with Gasteiger partial charge in [-0.1, -0.05) is 65.2 Å². The quantitative estimate of drug-likeness (QED) is 0.424. The maximum absolute atomic E-state index is 9.89. The first-order valence-electron chi connectivity index (χ1n) is 11.0. The van der Waals surface area contributed by atoms with Crippen LogP contribution in [0, 0.1) is 17.2 Å². The van der Waals surface area contributed by atoms with Crippen molar-refractivity contribution < 1.29 is 0 Å². The zero-order valence-corrected chi connectivity index (χ0v) is 17.0. The van der Waals surface area contributed by atoms with Crippen LogP contribution in [-0.2, 0) is 11.8 Å². The molecule has 26 heavy (non-hydrogen) atoms. The van der Waals surface area contributed by atoms with Gasteiger partial charge in [0.15, 0.2) is 0 Å². The number of rotatable bonds is 11. The van der Waals surface area contributed by atoms with Gasteiger partial charge in [-0.3, -0.25) is 0 Å². The molecule has 1 aromatic heterocycles. The highest BCUT2D eigenvalue weighted by Crippen LogP contribution is 2.42. The highest BCUT2D eigenvalue weighted by atomic mass is 14.9. The monoisotopic (exact) mass is 355 g/mol. The summed E-state index contributed by atoms with van der Waals surface area (Å²) in [5, 5.41) is 9.89. The number of unbranched alkanes of at least 4 members (excludes halogenated alkanes) is 6. The standard InChI is InChI=1S/C23H37N3/c1-3-5-7-9-11-20-13-15-23(19-24,16-14-20)21-17-25-22(26-18-21)12-10-8-6-4-2/h17-18,20H,3-16H2,1-2H3/t20-,23+. The van der Waals surface area contributed by atoms with Crippen LogP contribution in [0.3, 0.4) is 0 Å². The lowest BCUT2D eigenvalue weighted by Crippen LogP contribution is -2.30. The lowest BCUT2D eigenvalue weighted by Gasteiger charge is -2.35. The molecule has 1 fully saturated rings. The Morgan fingerprint density at radius 2 is 1.58 bits per heavy atom. The zero-order valence-electron chi connectivity index (χ0n) is 17.0. The summed E-state index contributed by atoms with van der Waals surface area (Å²) in [7, 11) is 0. The van der Waals surface area contributed by atoms with E-state index in [0.29, 0.717) is 0 Å². The molecule has 0 aromatic carbocycles. The van der Waals surface area contributed by atoms with Crippen molar-refractivity contribution in [1.29, 1.82) is 5.26 Å². The number of nitrogens with zero attached hydrogens (tertiary/aromatic N) is 3. The van der Waals surface area contributed by atoms with Gasteiger partial charge in [-0.25, -0.2) is 9.97 Å². The van der Waals surface area contributed by atoms with Crippen LogP contribution in [0.15, 0.2) is 12.4 Å². The summed E-state index contributed by atoms with van der Waals surface area (Å²) >= 11 is 0. The Kier molecular flexibility index (Phi) is 9.09. The van der Waals surface area contributed by atoms with Gasteiger partial charge in [-0.05, 0) is 38.0 Å². The summed E-state index contributed by atoms with van der Waals surface area (Å²) in [5.41, 5.74) is 0.697. The molecule has 0 N–H and O–H groups in total. The molecular formula is C23H37N3. The van der Waals surface area contributed by atoms with Gasteiger partial charge in [-0.15, -0.1) is 0 Å². The average Bonchev–Trinajstić information content (AvgIpc) is 2.70. The van der Waals surface area contributed by atoms with Crippen molar-refractivity contribution in [1.82, 2.24) is 9.97 Å². The lowest BCUT2D eigenvalue weighted by molar-refractivity contribution is 0.260. The van der Waals surface area contributed by atoms with Crippen LogP contribution in [0.1, 0.15) is 109 Å². The van der Waals surface area contributed by atoms with E-state index in [1.165, 1.54) is 64.2 Å². The molecule has 3 nitrogen and oxygen atoms in total. The Bertz CT molecular complexity index is 536. The van der Waals surface area contributed by atoms with Crippen LogP contribution < -0.4 is 0 Å². The largest absolute Gasteiger partial charge is 0.241 e. The van der Waals surface area contributed by atoms with Crippen molar-refractivity contribution >= 4 is 0 Å². The molecule has 144 valence electrons. The molecule has 1 aliphatic carbocycles. The Hall–Kier alpha value is -1.43. The maximum Gasteiger partial charge on any atom is 0.128 e. The Morgan fingerprint density at radius 3 is 2.15 bits per heavy atom. The van der Waals surface area contributed by atoms with E-state index in [2.05, 4.69) is 29.9 Å². The van der Waals surface area contributed by atoms with Gasteiger partial charge in [-0.2, -0.15) is 5.26 Å². The molecule has 0 radical (unpaired) electrons. The predicted molar refractivity (Wildman–Crippen MR) is 108 cm³/mol. The molecule has 0 unspecified atom stereocenters. The van der Waals surface area contributed by atoms with Gasteiger partial charge in [0.1, 0.15) is 5.82 Å². The second kappa shape index (κ2) is 11.3. The van der Waals surface area contributed by atoms with E-state index >= 15 is 0 Å². The first-order chi connectivity index (χ1) is 12.7. The molecular weight excluding hydrogens is 318 g/mol. The van der Waals surface area contributed by atoms with Crippen LogP contribution in [-0.4, -0.2) is 9.97 Å². The highest BCUT2D eigenvalue weighted by molar-refractivity contribution is 5.29. The Labute approximate surface area is 160 Å². The normalized spacial score (nSPS) is 22.9. The fourth-order valence-electron chi connectivity index (χ4n) is 4.22. The van der Waals surface area contributed by atoms with Gasteiger partial charge in [0.25, 0.3) is 0 Å². The van der Waals surface area contributed by atoms with Crippen molar-refractivity contribution in [3.8, 4) is 6.07 Å². The molecule has 0 atom stereocenters. The molecule has 0 aliphatic heterocycles. The third-order valence-corrected chi connectivity index (χ3v) is 6.15. The maximum atomic E-state index is 9.89. The molecule has 0 amide bonds. The zero-order chi connectivity index (χ0) is 18.7. The van der Waals surface area contributed by atoms with E-state index in [9.17, 15) is 5.26 Å². The summed E-state index contributed by atoms with van der Waals surface area (Å²) in [6, 6.07) is 2.63. The molecule has 1 heterocycles. The van der Waals surface area contributed by atoms with E-state index in [1.54, 1.807) is 0 Å². The van der Waals surface area contributed by atoms with Gasteiger partial charge in [0.2, 0.25) is 0 Å². The summed E-state index contributed by atoms with van der Waals surface area (Å²) in [4.78, 5) is 9.14. The first-order valence-corrected chi connectivity index (χ1v) is 11.0. The molecule has 2 rings (SSSR count). The van der Waals surface area contributed by atoms with E-state index in [4.69, 9.17) is 0 Å². The second-order valence-corrected chi connectivity index (χ2v) is 8.19. The van der Waals surface area contributed by atoms with Crippen LogP contribution in [0.4, 0.5) is 0 Å². The van der Waals surface area contributed by atoms with Crippen molar-refractivity contribution in [3.63, 3.8) is 0 Å². The number of hydrogen-bond acceptors (Lipinski definition) is 3. The average molecular weight is 356 g/mol. The summed E-state index contributed by atoms with van der Waals surface area (Å²) in [6.07, 6.45) is 20.8. The smallest absolute Gasteiger partial charge is 0.128 e. The van der Waals surface area contributed by atoms with E-state index in [-0.39, 0.29) is 5.41 Å². The number of hydrogen-bond donors (Lipinski definition) is 0. The van der Waals surface area contributed by atoms with Gasteiger partial charge >= 0.3 is 0 Å². The van der Waals surface area contributed by atoms with E-state index in [1.807, 2.05) is 12.4 Å². The molecule has 1 aromatic rings. The van der Waals surface area contributed by atoms with Gasteiger partial charge in [0, 0.05) is 24.4 Å². The summed E-state index contributed by atoms with van der Waals surface area (Å²) in [5.74, 6) is 1.75. The lowest BCUT2D eigenvalue weighted by atomic mass is 9.67. The van der Waals surface area contributed by atoms with Crippen LogP contribution in [0.2, 0.25) is 0 Å². The molecule has 3 heteroatoms. The van der Waals surface area contributed by atoms with Crippen molar-refractivity contribution in [2.45, 2.75) is 109 Å². The third-order valence-electron chi connectivity index (χ3n) is 6.15. The fourth-order valence-corrected chi connectivity index (χ4v) is 4.22. The summed E-state index contributed by atoms with van der Waals surface area (Å²) < 4.78 is 0. The van der Waals surface area contributed by atoms with Crippen molar-refractivity contribution in [3.05, 3.63) is 23.8 Å². The fraction of sp³-hybridized carbons (Fsp3) is 0.783. The topological polar surface area (TPSA) is 49.6 Å². The minimum Gasteiger partial charge on any atom is -0.241 e. The van der Waals surface area contributed by atoms with Crippen LogP contribution in [0.25, 0.3) is 0 Å². The van der Waals surface area contributed by atoms with E-state index < -0.39 is 0 Å².